The monoisotopic (exact) mass is 442 g/mol. The first-order valence-corrected chi connectivity index (χ1v) is 10.6. The Balaban J connectivity index is 1.94. The summed E-state index contributed by atoms with van der Waals surface area (Å²) >= 11 is 1.11. The number of nitrogens with zero attached hydrogens (tertiary/aromatic N) is 1. The van der Waals surface area contributed by atoms with E-state index in [0.29, 0.717) is 15.3 Å². The van der Waals surface area contributed by atoms with E-state index in [1.807, 2.05) is 0 Å². The standard InChI is InChI=1S/C21H22F4N2O2S/c22-15-10-8-14(9-11-15)13-27(20(29)21(23,24)25)18(17-7-4-12-30-17)19(28)26-16-5-2-1-3-6-16/h4,7-12,16,18H,1-3,5-6,13H2,(H,26,28)/t18-/m1/s1. The third-order valence-corrected chi connectivity index (χ3v) is 6.02. The van der Waals surface area contributed by atoms with E-state index in [4.69, 9.17) is 0 Å². The number of carbonyl (C=O) groups excluding carboxylic acids is 2. The van der Waals surface area contributed by atoms with Crippen molar-refractivity contribution in [2.75, 3.05) is 0 Å². The Bertz CT molecular complexity index is 847. The Labute approximate surface area is 175 Å². The van der Waals surface area contributed by atoms with E-state index < -0.39 is 36.4 Å². The summed E-state index contributed by atoms with van der Waals surface area (Å²) < 4.78 is 53.5. The highest BCUT2D eigenvalue weighted by molar-refractivity contribution is 7.10. The smallest absolute Gasteiger partial charge is 0.351 e. The van der Waals surface area contributed by atoms with Gasteiger partial charge in [-0.2, -0.15) is 13.2 Å². The fraction of sp³-hybridized carbons (Fsp3) is 0.429. The lowest BCUT2D eigenvalue weighted by Crippen LogP contribution is -2.49. The van der Waals surface area contributed by atoms with Gasteiger partial charge in [-0.05, 0) is 42.0 Å². The summed E-state index contributed by atoms with van der Waals surface area (Å²) in [7, 11) is 0. The van der Waals surface area contributed by atoms with Gasteiger partial charge in [-0.3, -0.25) is 9.59 Å². The van der Waals surface area contributed by atoms with Crippen LogP contribution in [0.25, 0.3) is 0 Å². The second-order valence-electron chi connectivity index (χ2n) is 7.32. The van der Waals surface area contributed by atoms with Gasteiger partial charge < -0.3 is 10.2 Å². The van der Waals surface area contributed by atoms with Crippen molar-refractivity contribution in [2.45, 2.75) is 56.9 Å². The molecule has 0 spiro atoms. The van der Waals surface area contributed by atoms with Gasteiger partial charge in [-0.25, -0.2) is 4.39 Å². The molecule has 1 aliphatic carbocycles. The van der Waals surface area contributed by atoms with Gasteiger partial charge in [0.2, 0.25) is 5.91 Å². The number of hydrogen-bond donors (Lipinski definition) is 1. The van der Waals surface area contributed by atoms with E-state index in [1.54, 1.807) is 11.4 Å². The van der Waals surface area contributed by atoms with Crippen LogP contribution in [0.1, 0.15) is 48.6 Å². The van der Waals surface area contributed by atoms with Crippen LogP contribution < -0.4 is 5.32 Å². The summed E-state index contributed by atoms with van der Waals surface area (Å²) in [6.07, 6.45) is -0.697. The van der Waals surface area contributed by atoms with Gasteiger partial charge in [-0.15, -0.1) is 11.3 Å². The number of thiophene rings is 1. The van der Waals surface area contributed by atoms with Crippen LogP contribution in [0.2, 0.25) is 0 Å². The average Bonchev–Trinajstić information content (AvgIpc) is 3.23. The van der Waals surface area contributed by atoms with Gasteiger partial charge in [-0.1, -0.05) is 37.5 Å². The molecule has 0 saturated heterocycles. The largest absolute Gasteiger partial charge is 0.471 e. The maximum Gasteiger partial charge on any atom is 0.471 e. The van der Waals surface area contributed by atoms with Gasteiger partial charge in [0.15, 0.2) is 0 Å². The molecule has 162 valence electrons. The Morgan fingerprint density at radius 2 is 1.77 bits per heavy atom. The normalized spacial score (nSPS) is 16.1. The minimum Gasteiger partial charge on any atom is -0.351 e. The van der Waals surface area contributed by atoms with E-state index in [0.717, 1.165) is 55.6 Å². The van der Waals surface area contributed by atoms with Crippen LogP contribution in [0.3, 0.4) is 0 Å². The minimum absolute atomic E-state index is 0.123. The van der Waals surface area contributed by atoms with Crippen molar-refractivity contribution in [1.82, 2.24) is 10.2 Å². The summed E-state index contributed by atoms with van der Waals surface area (Å²) in [5.74, 6) is -3.29. The molecule has 2 amide bonds. The number of hydrogen-bond acceptors (Lipinski definition) is 3. The lowest BCUT2D eigenvalue weighted by atomic mass is 9.95. The van der Waals surface area contributed by atoms with Crippen molar-refractivity contribution in [3.05, 3.63) is 58.0 Å². The summed E-state index contributed by atoms with van der Waals surface area (Å²) in [6, 6.07) is 6.43. The van der Waals surface area contributed by atoms with Gasteiger partial charge in [0.1, 0.15) is 11.9 Å². The third kappa shape index (κ3) is 5.59. The van der Waals surface area contributed by atoms with Crippen LogP contribution in [-0.2, 0) is 16.1 Å². The van der Waals surface area contributed by atoms with E-state index in [2.05, 4.69) is 5.32 Å². The highest BCUT2D eigenvalue weighted by atomic mass is 32.1. The molecule has 1 aliphatic rings. The first kappa shape index (κ1) is 22.3. The number of carbonyl (C=O) groups is 2. The second-order valence-corrected chi connectivity index (χ2v) is 8.30. The van der Waals surface area contributed by atoms with Crippen LogP contribution in [-0.4, -0.2) is 28.9 Å². The topological polar surface area (TPSA) is 49.4 Å². The van der Waals surface area contributed by atoms with Crippen molar-refractivity contribution >= 4 is 23.2 Å². The lowest BCUT2D eigenvalue weighted by molar-refractivity contribution is -0.189. The van der Waals surface area contributed by atoms with Crippen LogP contribution in [0.5, 0.6) is 0 Å². The highest BCUT2D eigenvalue weighted by Gasteiger charge is 2.47. The van der Waals surface area contributed by atoms with Crippen molar-refractivity contribution in [3.8, 4) is 0 Å². The zero-order chi connectivity index (χ0) is 21.7. The zero-order valence-electron chi connectivity index (χ0n) is 16.1. The third-order valence-electron chi connectivity index (χ3n) is 5.09. The molecule has 0 unspecified atom stereocenters. The van der Waals surface area contributed by atoms with E-state index in [-0.39, 0.29) is 6.04 Å². The van der Waals surface area contributed by atoms with Gasteiger partial charge in [0.25, 0.3) is 0 Å². The molecule has 30 heavy (non-hydrogen) atoms. The minimum atomic E-state index is -5.15. The van der Waals surface area contributed by atoms with Crippen molar-refractivity contribution in [1.29, 1.82) is 0 Å². The molecule has 1 aromatic heterocycles. The Hall–Kier alpha value is -2.42. The van der Waals surface area contributed by atoms with Crippen LogP contribution in [0.15, 0.2) is 41.8 Å². The molecule has 3 rings (SSSR count). The van der Waals surface area contributed by atoms with Crippen molar-refractivity contribution in [2.24, 2.45) is 0 Å². The number of alkyl halides is 3. The number of amides is 2. The molecule has 0 radical (unpaired) electrons. The molecule has 2 aromatic rings. The molecule has 1 saturated carbocycles. The van der Waals surface area contributed by atoms with Gasteiger partial charge >= 0.3 is 12.1 Å². The Morgan fingerprint density at radius 1 is 1.10 bits per heavy atom. The molecule has 9 heteroatoms. The van der Waals surface area contributed by atoms with Gasteiger partial charge in [0, 0.05) is 17.5 Å². The fourth-order valence-electron chi connectivity index (χ4n) is 3.63. The van der Waals surface area contributed by atoms with Gasteiger partial charge in [0.05, 0.1) is 0 Å². The predicted octanol–water partition coefficient (Wildman–Crippen LogP) is 4.97. The second kappa shape index (κ2) is 9.59. The summed E-state index contributed by atoms with van der Waals surface area (Å²) in [4.78, 5) is 26.3. The molecule has 1 aromatic carbocycles. The molecule has 1 N–H and O–H groups in total. The maximum atomic E-state index is 13.4. The quantitative estimate of drug-likeness (QED) is 0.643. The molecule has 1 heterocycles. The first-order valence-electron chi connectivity index (χ1n) is 9.71. The lowest BCUT2D eigenvalue weighted by Gasteiger charge is -2.33. The van der Waals surface area contributed by atoms with E-state index in [9.17, 15) is 27.2 Å². The summed E-state index contributed by atoms with van der Waals surface area (Å²) in [5.41, 5.74) is 0.293. The van der Waals surface area contributed by atoms with Crippen molar-refractivity contribution < 1.29 is 27.2 Å². The van der Waals surface area contributed by atoms with Crippen LogP contribution >= 0.6 is 11.3 Å². The molecular weight excluding hydrogens is 420 g/mol. The fourth-order valence-corrected chi connectivity index (χ4v) is 4.46. The van der Waals surface area contributed by atoms with Crippen molar-refractivity contribution in [3.63, 3.8) is 0 Å². The molecule has 0 aliphatic heterocycles. The summed E-state index contributed by atoms with van der Waals surface area (Å²) in [6.45, 7) is -0.473. The number of rotatable bonds is 6. The number of halogens is 4. The molecular formula is C21H22F4N2O2S. The number of nitrogens with one attached hydrogen (secondary N) is 1. The molecule has 1 fully saturated rings. The molecule has 1 atom stereocenters. The summed E-state index contributed by atoms with van der Waals surface area (Å²) in [5, 5.41) is 4.48. The maximum absolute atomic E-state index is 13.4. The van der Waals surface area contributed by atoms with Crippen LogP contribution in [0, 0.1) is 5.82 Å². The van der Waals surface area contributed by atoms with E-state index in [1.165, 1.54) is 18.2 Å². The SMILES string of the molecule is O=C(NC1CCCCC1)[C@@H](c1cccs1)N(Cc1ccc(F)cc1)C(=O)C(F)(F)F. The van der Waals surface area contributed by atoms with E-state index >= 15 is 0 Å². The van der Waals surface area contributed by atoms with Crippen LogP contribution in [0.4, 0.5) is 17.6 Å². The Morgan fingerprint density at radius 3 is 2.33 bits per heavy atom. The zero-order valence-corrected chi connectivity index (χ0v) is 16.9. The Kier molecular flexibility index (Phi) is 7.12. The molecule has 4 nitrogen and oxygen atoms in total. The first-order chi connectivity index (χ1) is 14.3. The number of benzene rings is 1. The molecule has 0 bridgehead atoms. The average molecular weight is 442 g/mol. The highest BCUT2D eigenvalue weighted by Crippen LogP contribution is 2.32. The predicted molar refractivity (Wildman–Crippen MR) is 105 cm³/mol.